The predicted octanol–water partition coefficient (Wildman–Crippen LogP) is 1.66. The maximum atomic E-state index is 12.6. The Morgan fingerprint density at radius 2 is 2.27 bits per heavy atom. The fourth-order valence-electron chi connectivity index (χ4n) is 3.17. The third-order valence-corrected chi connectivity index (χ3v) is 7.11. The lowest BCUT2D eigenvalue weighted by Crippen LogP contribution is -2.42. The van der Waals surface area contributed by atoms with Gasteiger partial charge in [0.2, 0.25) is 5.91 Å². The van der Waals surface area contributed by atoms with Crippen LogP contribution in [0, 0.1) is 0 Å². The molecule has 1 aliphatic rings. The molecule has 2 aromatic rings. The van der Waals surface area contributed by atoms with Crippen molar-refractivity contribution in [3.8, 4) is 0 Å². The number of likely N-dealkylation sites (N-methyl/N-ethyl adjacent to an activating group) is 1. The number of carbonyl (C=O) groups is 1. The van der Waals surface area contributed by atoms with Crippen LogP contribution in [-0.4, -0.2) is 55.3 Å². The van der Waals surface area contributed by atoms with Crippen molar-refractivity contribution >= 4 is 27.1 Å². The first-order chi connectivity index (χ1) is 12.4. The number of hydrogen-bond donors (Lipinski definition) is 1. The monoisotopic (exact) mass is 393 g/mol. The smallest absolute Gasteiger partial charge is 0.234 e. The van der Waals surface area contributed by atoms with E-state index in [2.05, 4.69) is 15.7 Å². The molecule has 8 heteroatoms. The molecule has 2 atom stereocenters. The molecular weight excluding hydrogens is 370 g/mol. The van der Waals surface area contributed by atoms with E-state index in [1.54, 1.807) is 24.6 Å². The Bertz CT molecular complexity index is 823. The molecule has 0 unspecified atom stereocenters. The number of aromatic nitrogens is 1. The lowest BCUT2D eigenvalue weighted by Gasteiger charge is -2.24. The third kappa shape index (κ3) is 5.12. The molecule has 1 N–H and O–H groups in total. The van der Waals surface area contributed by atoms with Gasteiger partial charge >= 0.3 is 0 Å². The van der Waals surface area contributed by atoms with Crippen LogP contribution < -0.4 is 5.32 Å². The van der Waals surface area contributed by atoms with Crippen molar-refractivity contribution in [1.29, 1.82) is 0 Å². The number of pyridine rings is 1. The topological polar surface area (TPSA) is 79.4 Å². The van der Waals surface area contributed by atoms with Crippen molar-refractivity contribution in [2.75, 3.05) is 25.1 Å². The zero-order valence-corrected chi connectivity index (χ0v) is 16.3. The van der Waals surface area contributed by atoms with Gasteiger partial charge in [0.25, 0.3) is 0 Å². The minimum atomic E-state index is -2.96. The average molecular weight is 394 g/mol. The van der Waals surface area contributed by atoms with Crippen LogP contribution in [0.4, 0.5) is 0 Å². The average Bonchev–Trinajstić information content (AvgIpc) is 3.24. The molecule has 26 heavy (non-hydrogen) atoms. The van der Waals surface area contributed by atoms with Crippen molar-refractivity contribution < 1.29 is 13.2 Å². The van der Waals surface area contributed by atoms with Crippen molar-refractivity contribution in [1.82, 2.24) is 15.2 Å². The van der Waals surface area contributed by atoms with Gasteiger partial charge in [0.1, 0.15) is 0 Å². The summed E-state index contributed by atoms with van der Waals surface area (Å²) < 4.78 is 23.3. The summed E-state index contributed by atoms with van der Waals surface area (Å²) in [6, 6.07) is 7.41. The summed E-state index contributed by atoms with van der Waals surface area (Å²) in [6.07, 6.45) is 2.98. The van der Waals surface area contributed by atoms with Crippen LogP contribution in [0.2, 0.25) is 0 Å². The molecule has 0 saturated carbocycles. The minimum Gasteiger partial charge on any atom is -0.346 e. The molecule has 1 fully saturated rings. The first kappa shape index (κ1) is 19.0. The molecule has 0 bridgehead atoms. The Morgan fingerprint density at radius 1 is 1.42 bits per heavy atom. The lowest BCUT2D eigenvalue weighted by atomic mass is 10.1. The van der Waals surface area contributed by atoms with Gasteiger partial charge in [-0.2, -0.15) is 11.3 Å². The maximum absolute atomic E-state index is 12.6. The SMILES string of the molecule is CN(CC(=O)N[C@H](Cc1ccsc1)c1ccccn1)[C@H]1CCS(=O)(=O)C1. The second-order valence-corrected chi connectivity index (χ2v) is 9.69. The van der Waals surface area contributed by atoms with E-state index in [1.807, 2.05) is 34.5 Å². The highest BCUT2D eigenvalue weighted by atomic mass is 32.2. The summed E-state index contributed by atoms with van der Waals surface area (Å²) in [5, 5.41) is 7.14. The van der Waals surface area contributed by atoms with E-state index in [0.29, 0.717) is 12.8 Å². The molecule has 0 aliphatic carbocycles. The van der Waals surface area contributed by atoms with Crippen molar-refractivity contribution in [3.63, 3.8) is 0 Å². The van der Waals surface area contributed by atoms with Gasteiger partial charge in [0.05, 0.1) is 29.8 Å². The summed E-state index contributed by atoms with van der Waals surface area (Å²) in [5.74, 6) is 0.218. The van der Waals surface area contributed by atoms with Crippen LogP contribution >= 0.6 is 11.3 Å². The molecule has 6 nitrogen and oxygen atoms in total. The highest BCUT2D eigenvalue weighted by molar-refractivity contribution is 7.91. The van der Waals surface area contributed by atoms with E-state index in [-0.39, 0.29) is 36.0 Å². The summed E-state index contributed by atoms with van der Waals surface area (Å²) in [5.41, 5.74) is 1.97. The Morgan fingerprint density at radius 3 is 2.88 bits per heavy atom. The third-order valence-electron chi connectivity index (χ3n) is 4.62. The summed E-state index contributed by atoms with van der Waals surface area (Å²) in [6.45, 7) is 0.174. The number of carbonyl (C=O) groups excluding carboxylic acids is 1. The Kier molecular flexibility index (Phi) is 6.05. The molecule has 2 aromatic heterocycles. The number of rotatable bonds is 7. The standard InChI is InChI=1S/C18H23N3O3S2/c1-21(15-6-9-26(23,24)13-15)11-18(22)20-17(10-14-5-8-25-12-14)16-4-2-3-7-19-16/h2-5,7-8,12,15,17H,6,9-11,13H2,1H3,(H,20,22)/t15-,17+/m0/s1. The van der Waals surface area contributed by atoms with Crippen LogP contribution in [0.1, 0.15) is 23.7 Å². The molecule has 1 aliphatic heterocycles. The minimum absolute atomic E-state index is 0.0871. The first-order valence-electron chi connectivity index (χ1n) is 8.55. The van der Waals surface area contributed by atoms with Gasteiger partial charge in [-0.3, -0.25) is 14.7 Å². The Hall–Kier alpha value is -1.77. The number of thiophene rings is 1. The largest absolute Gasteiger partial charge is 0.346 e. The van der Waals surface area contributed by atoms with Crippen LogP contribution in [0.3, 0.4) is 0 Å². The fraction of sp³-hybridized carbons (Fsp3) is 0.444. The highest BCUT2D eigenvalue weighted by Gasteiger charge is 2.31. The Balaban J connectivity index is 1.63. The fourth-order valence-corrected chi connectivity index (χ4v) is 5.66. The molecule has 0 spiro atoms. The van der Waals surface area contributed by atoms with Crippen LogP contribution in [0.15, 0.2) is 41.2 Å². The maximum Gasteiger partial charge on any atom is 0.234 e. The molecule has 1 saturated heterocycles. The van der Waals surface area contributed by atoms with Gasteiger partial charge in [-0.1, -0.05) is 6.07 Å². The van der Waals surface area contributed by atoms with E-state index >= 15 is 0 Å². The zero-order chi connectivity index (χ0) is 18.6. The normalized spacial score (nSPS) is 20.2. The second-order valence-electron chi connectivity index (χ2n) is 6.68. The summed E-state index contributed by atoms with van der Waals surface area (Å²) in [4.78, 5) is 18.8. The summed E-state index contributed by atoms with van der Waals surface area (Å²) >= 11 is 1.62. The zero-order valence-electron chi connectivity index (χ0n) is 14.7. The van der Waals surface area contributed by atoms with E-state index in [0.717, 1.165) is 11.3 Å². The van der Waals surface area contributed by atoms with Gasteiger partial charge in [-0.05, 0) is 54.4 Å². The van der Waals surface area contributed by atoms with Gasteiger partial charge in [-0.15, -0.1) is 0 Å². The molecule has 0 radical (unpaired) electrons. The molecule has 3 heterocycles. The van der Waals surface area contributed by atoms with Crippen LogP contribution in [0.5, 0.6) is 0 Å². The number of hydrogen-bond acceptors (Lipinski definition) is 6. The van der Waals surface area contributed by atoms with Crippen LogP contribution in [-0.2, 0) is 21.1 Å². The first-order valence-corrected chi connectivity index (χ1v) is 11.3. The van der Waals surface area contributed by atoms with E-state index < -0.39 is 9.84 Å². The van der Waals surface area contributed by atoms with E-state index in [4.69, 9.17) is 0 Å². The van der Waals surface area contributed by atoms with Gasteiger partial charge < -0.3 is 5.32 Å². The molecule has 140 valence electrons. The van der Waals surface area contributed by atoms with Crippen LogP contribution in [0.25, 0.3) is 0 Å². The quantitative estimate of drug-likeness (QED) is 0.774. The van der Waals surface area contributed by atoms with Gasteiger partial charge in [0.15, 0.2) is 9.84 Å². The molecule has 3 rings (SSSR count). The number of nitrogens with zero attached hydrogens (tertiary/aromatic N) is 2. The van der Waals surface area contributed by atoms with E-state index in [9.17, 15) is 13.2 Å². The van der Waals surface area contributed by atoms with E-state index in [1.165, 1.54) is 0 Å². The highest BCUT2D eigenvalue weighted by Crippen LogP contribution is 2.19. The van der Waals surface area contributed by atoms with Gasteiger partial charge in [0, 0.05) is 12.2 Å². The number of nitrogens with one attached hydrogen (secondary N) is 1. The number of sulfone groups is 1. The Labute approximate surface area is 158 Å². The van der Waals surface area contributed by atoms with Crippen molar-refractivity contribution in [2.45, 2.75) is 24.9 Å². The predicted molar refractivity (Wildman–Crippen MR) is 103 cm³/mol. The number of amides is 1. The molecule has 1 amide bonds. The summed E-state index contributed by atoms with van der Waals surface area (Å²) in [7, 11) is -1.15. The lowest BCUT2D eigenvalue weighted by molar-refractivity contribution is -0.123. The second kappa shape index (κ2) is 8.28. The molecular formula is C18H23N3O3S2. The van der Waals surface area contributed by atoms with Crippen molar-refractivity contribution in [3.05, 3.63) is 52.5 Å². The van der Waals surface area contributed by atoms with Crippen molar-refractivity contribution in [2.24, 2.45) is 0 Å². The van der Waals surface area contributed by atoms with Gasteiger partial charge in [-0.25, -0.2) is 8.42 Å². The molecule has 0 aromatic carbocycles.